The molecule has 1 fully saturated rings. The van der Waals surface area contributed by atoms with Crippen LogP contribution in [-0.4, -0.2) is 34.8 Å². The van der Waals surface area contributed by atoms with Crippen molar-refractivity contribution in [1.29, 1.82) is 0 Å². The standard InChI is InChI=1S/C19H23FN4O4/c20-14-6-4-13(5-7-14)17(15-3-1-12-28-15)23-18(26)21-9-2-10-24-11-8-16(25)22-19(24)27/h4-8,11,15,17H,1-3,9-10,12H2,(H2,21,23,26)(H,22,25,27). The van der Waals surface area contributed by atoms with E-state index >= 15 is 0 Å². The molecule has 0 aliphatic carbocycles. The number of nitrogens with zero attached hydrogens (tertiary/aromatic N) is 1. The Bertz CT molecular complexity index is 903. The Balaban J connectivity index is 1.52. The van der Waals surface area contributed by atoms with Gasteiger partial charge in [0, 0.05) is 32.0 Å². The maximum absolute atomic E-state index is 13.2. The number of H-pyrrole nitrogens is 1. The third kappa shape index (κ3) is 5.29. The monoisotopic (exact) mass is 390 g/mol. The number of amides is 2. The molecule has 150 valence electrons. The number of hydrogen-bond acceptors (Lipinski definition) is 4. The van der Waals surface area contributed by atoms with Gasteiger partial charge in [-0.3, -0.25) is 9.78 Å². The summed E-state index contributed by atoms with van der Waals surface area (Å²) in [6.07, 6.45) is 3.51. The second kappa shape index (κ2) is 9.32. The molecule has 1 aliphatic rings. The lowest BCUT2D eigenvalue weighted by molar-refractivity contribution is 0.0807. The Hall–Kier alpha value is -2.94. The Morgan fingerprint density at radius 3 is 2.75 bits per heavy atom. The van der Waals surface area contributed by atoms with Gasteiger partial charge in [-0.05, 0) is 37.0 Å². The highest BCUT2D eigenvalue weighted by Crippen LogP contribution is 2.27. The van der Waals surface area contributed by atoms with Crippen LogP contribution < -0.4 is 21.9 Å². The van der Waals surface area contributed by atoms with Crippen molar-refractivity contribution in [2.75, 3.05) is 13.2 Å². The maximum atomic E-state index is 13.2. The fourth-order valence-electron chi connectivity index (χ4n) is 3.19. The molecule has 3 N–H and O–H groups in total. The van der Waals surface area contributed by atoms with Gasteiger partial charge >= 0.3 is 11.7 Å². The molecule has 2 unspecified atom stereocenters. The molecule has 2 heterocycles. The zero-order valence-corrected chi connectivity index (χ0v) is 15.3. The molecule has 9 heteroatoms. The number of urea groups is 1. The molecule has 1 aromatic heterocycles. The SMILES string of the molecule is O=C(NCCCn1ccc(=O)[nH]c1=O)NC(c1ccc(F)cc1)C1CCCO1. The minimum Gasteiger partial charge on any atom is -0.376 e. The minimum absolute atomic E-state index is 0.157. The van der Waals surface area contributed by atoms with Gasteiger partial charge in [0.15, 0.2) is 0 Å². The Morgan fingerprint density at radius 2 is 2.07 bits per heavy atom. The molecular weight excluding hydrogens is 367 g/mol. The van der Waals surface area contributed by atoms with Crippen LogP contribution in [0.1, 0.15) is 30.9 Å². The fourth-order valence-corrected chi connectivity index (χ4v) is 3.19. The number of carbonyl (C=O) groups excluding carboxylic acids is 1. The van der Waals surface area contributed by atoms with Crippen molar-refractivity contribution in [3.8, 4) is 0 Å². The number of aromatic nitrogens is 2. The van der Waals surface area contributed by atoms with Crippen molar-refractivity contribution in [3.05, 3.63) is 68.7 Å². The molecule has 1 saturated heterocycles. The van der Waals surface area contributed by atoms with E-state index in [1.165, 1.54) is 29.0 Å². The largest absolute Gasteiger partial charge is 0.376 e. The average molecular weight is 390 g/mol. The lowest BCUT2D eigenvalue weighted by Gasteiger charge is -2.25. The molecule has 0 radical (unpaired) electrons. The molecule has 28 heavy (non-hydrogen) atoms. The summed E-state index contributed by atoms with van der Waals surface area (Å²) in [7, 11) is 0. The number of ether oxygens (including phenoxy) is 1. The van der Waals surface area contributed by atoms with Gasteiger partial charge in [-0.2, -0.15) is 0 Å². The third-order valence-electron chi connectivity index (χ3n) is 4.61. The number of rotatable bonds is 7. The lowest BCUT2D eigenvalue weighted by Crippen LogP contribution is -2.42. The second-order valence-corrected chi connectivity index (χ2v) is 6.64. The van der Waals surface area contributed by atoms with Crippen molar-refractivity contribution in [1.82, 2.24) is 20.2 Å². The van der Waals surface area contributed by atoms with Gasteiger partial charge in [-0.25, -0.2) is 14.0 Å². The summed E-state index contributed by atoms with van der Waals surface area (Å²) in [6.45, 7) is 1.35. The second-order valence-electron chi connectivity index (χ2n) is 6.64. The number of nitrogens with one attached hydrogen (secondary N) is 3. The third-order valence-corrected chi connectivity index (χ3v) is 4.61. The van der Waals surface area contributed by atoms with Crippen LogP contribution in [0.15, 0.2) is 46.1 Å². The zero-order chi connectivity index (χ0) is 19.9. The van der Waals surface area contributed by atoms with Crippen LogP contribution in [0.25, 0.3) is 0 Å². The number of halogens is 1. The summed E-state index contributed by atoms with van der Waals surface area (Å²) in [5.74, 6) is -0.336. The van der Waals surface area contributed by atoms with E-state index in [9.17, 15) is 18.8 Å². The van der Waals surface area contributed by atoms with Crippen molar-refractivity contribution >= 4 is 6.03 Å². The molecule has 2 amide bonds. The van der Waals surface area contributed by atoms with E-state index in [-0.39, 0.29) is 24.0 Å². The fraction of sp³-hybridized carbons (Fsp3) is 0.421. The zero-order valence-electron chi connectivity index (χ0n) is 15.3. The molecule has 1 aliphatic heterocycles. The number of carbonyl (C=O) groups is 1. The van der Waals surface area contributed by atoms with E-state index in [1.54, 1.807) is 12.1 Å². The molecule has 1 aromatic carbocycles. The number of hydrogen-bond donors (Lipinski definition) is 3. The van der Waals surface area contributed by atoms with E-state index in [0.717, 1.165) is 18.4 Å². The van der Waals surface area contributed by atoms with Gasteiger partial charge < -0.3 is 19.9 Å². The summed E-state index contributed by atoms with van der Waals surface area (Å²) in [5.41, 5.74) is -0.144. The van der Waals surface area contributed by atoms with Crippen LogP contribution in [0.2, 0.25) is 0 Å². The Kier molecular flexibility index (Phi) is 6.59. The van der Waals surface area contributed by atoms with E-state index in [4.69, 9.17) is 4.74 Å². The van der Waals surface area contributed by atoms with Gasteiger partial charge in [-0.1, -0.05) is 12.1 Å². The van der Waals surface area contributed by atoms with Gasteiger partial charge in [-0.15, -0.1) is 0 Å². The van der Waals surface area contributed by atoms with E-state index < -0.39 is 11.2 Å². The van der Waals surface area contributed by atoms with Crippen LogP contribution in [0, 0.1) is 5.82 Å². The van der Waals surface area contributed by atoms with Crippen LogP contribution >= 0.6 is 0 Å². The van der Waals surface area contributed by atoms with E-state index in [2.05, 4.69) is 15.6 Å². The quantitative estimate of drug-likeness (QED) is 0.620. The molecule has 2 atom stereocenters. The number of benzene rings is 1. The summed E-state index contributed by atoms with van der Waals surface area (Å²) in [5, 5.41) is 5.65. The van der Waals surface area contributed by atoms with Crippen molar-refractivity contribution < 1.29 is 13.9 Å². The normalized spacial score (nSPS) is 17.2. The summed E-state index contributed by atoms with van der Waals surface area (Å²) in [6, 6.07) is 6.55. The Morgan fingerprint density at radius 1 is 1.29 bits per heavy atom. The van der Waals surface area contributed by atoms with Gasteiger partial charge in [0.2, 0.25) is 0 Å². The molecule has 0 saturated carbocycles. The molecule has 2 aromatic rings. The smallest absolute Gasteiger partial charge is 0.328 e. The summed E-state index contributed by atoms with van der Waals surface area (Å²) < 4.78 is 20.3. The lowest BCUT2D eigenvalue weighted by atomic mass is 9.99. The van der Waals surface area contributed by atoms with E-state index in [1.807, 2.05) is 0 Å². The van der Waals surface area contributed by atoms with Crippen molar-refractivity contribution in [2.45, 2.75) is 38.0 Å². The first kappa shape index (κ1) is 19.8. The van der Waals surface area contributed by atoms with Crippen LogP contribution in [-0.2, 0) is 11.3 Å². The number of aryl methyl sites for hydroxylation is 1. The molecular formula is C19H23FN4O4. The summed E-state index contributed by atoms with van der Waals surface area (Å²) >= 11 is 0. The Labute approximate surface area is 160 Å². The molecule has 0 spiro atoms. The number of aromatic amines is 1. The average Bonchev–Trinajstić information content (AvgIpc) is 3.20. The van der Waals surface area contributed by atoms with Gasteiger partial charge in [0.05, 0.1) is 12.1 Å². The van der Waals surface area contributed by atoms with Crippen molar-refractivity contribution in [2.24, 2.45) is 0 Å². The maximum Gasteiger partial charge on any atom is 0.328 e. The van der Waals surface area contributed by atoms with Crippen LogP contribution in [0.3, 0.4) is 0 Å². The van der Waals surface area contributed by atoms with E-state index in [0.29, 0.717) is 26.1 Å². The van der Waals surface area contributed by atoms with Gasteiger partial charge in [0.1, 0.15) is 5.82 Å². The molecule has 8 nitrogen and oxygen atoms in total. The highest BCUT2D eigenvalue weighted by atomic mass is 19.1. The highest BCUT2D eigenvalue weighted by Gasteiger charge is 2.28. The van der Waals surface area contributed by atoms with Gasteiger partial charge in [0.25, 0.3) is 5.56 Å². The predicted molar refractivity (Wildman–Crippen MR) is 101 cm³/mol. The summed E-state index contributed by atoms with van der Waals surface area (Å²) in [4.78, 5) is 37.1. The minimum atomic E-state index is -0.480. The highest BCUT2D eigenvalue weighted by molar-refractivity contribution is 5.74. The first-order valence-corrected chi connectivity index (χ1v) is 9.24. The molecule has 0 bridgehead atoms. The van der Waals surface area contributed by atoms with Crippen LogP contribution in [0.4, 0.5) is 9.18 Å². The molecule has 3 rings (SSSR count). The first-order valence-electron chi connectivity index (χ1n) is 9.24. The predicted octanol–water partition coefficient (Wildman–Crippen LogP) is 1.29. The van der Waals surface area contributed by atoms with Crippen LogP contribution in [0.5, 0.6) is 0 Å². The van der Waals surface area contributed by atoms with Crippen molar-refractivity contribution in [3.63, 3.8) is 0 Å². The first-order chi connectivity index (χ1) is 13.5. The topological polar surface area (TPSA) is 105 Å².